The van der Waals surface area contributed by atoms with Gasteiger partial charge < -0.3 is 25.6 Å². The highest BCUT2D eigenvalue weighted by Crippen LogP contribution is 2.26. The lowest BCUT2D eigenvalue weighted by Gasteiger charge is -2.24. The van der Waals surface area contributed by atoms with Gasteiger partial charge in [-0.2, -0.15) is 0 Å². The van der Waals surface area contributed by atoms with Crippen molar-refractivity contribution < 1.29 is 29.3 Å². The number of carbonyl (C=O) groups is 3. The summed E-state index contributed by atoms with van der Waals surface area (Å²) >= 11 is 6.04. The van der Waals surface area contributed by atoms with Crippen LogP contribution in [0.15, 0.2) is 18.2 Å². The molecule has 1 heterocycles. The van der Waals surface area contributed by atoms with E-state index in [1.165, 1.54) is 18.1 Å². The summed E-state index contributed by atoms with van der Waals surface area (Å²) in [4.78, 5) is 33.7. The summed E-state index contributed by atoms with van der Waals surface area (Å²) in [6, 6.07) is 4.53. The van der Waals surface area contributed by atoms with E-state index in [0.717, 1.165) is 0 Å². The zero-order chi connectivity index (χ0) is 19.0. The molecule has 0 unspecified atom stereocenters. The minimum atomic E-state index is -0.903. The fraction of sp³-hybridized carbons (Fsp3) is 0.438. The molecule has 0 aliphatic carbocycles. The topological polar surface area (TPSA) is 130 Å². The number of amides is 1. The maximum absolute atomic E-state index is 12.6. The molecule has 1 saturated heterocycles. The highest BCUT2D eigenvalue weighted by atomic mass is 35.5. The number of halogens is 1. The minimum Gasteiger partial charge on any atom is -0.495 e. The number of carbonyl (C=O) groups excluding carboxylic acids is 1. The third-order valence-electron chi connectivity index (χ3n) is 3.82. The second kappa shape index (κ2) is 9.85. The Morgan fingerprint density at radius 2 is 2.00 bits per heavy atom. The van der Waals surface area contributed by atoms with Crippen molar-refractivity contribution in [2.75, 3.05) is 20.2 Å². The Labute approximate surface area is 150 Å². The van der Waals surface area contributed by atoms with Gasteiger partial charge in [-0.3, -0.25) is 14.4 Å². The highest BCUT2D eigenvalue weighted by molar-refractivity contribution is 6.32. The largest absolute Gasteiger partial charge is 0.495 e. The molecule has 0 spiro atoms. The number of benzene rings is 1. The van der Waals surface area contributed by atoms with Gasteiger partial charge >= 0.3 is 5.97 Å². The number of nitrogens with zero attached hydrogens (tertiary/aromatic N) is 1. The van der Waals surface area contributed by atoms with Crippen molar-refractivity contribution in [3.8, 4) is 5.75 Å². The molecule has 1 aromatic carbocycles. The lowest BCUT2D eigenvalue weighted by atomic mass is 10.0. The van der Waals surface area contributed by atoms with Gasteiger partial charge in [-0.15, -0.1) is 0 Å². The van der Waals surface area contributed by atoms with Crippen molar-refractivity contribution in [3.63, 3.8) is 0 Å². The van der Waals surface area contributed by atoms with Crippen LogP contribution in [0.1, 0.15) is 23.2 Å². The molecule has 2 atom stereocenters. The number of likely N-dealkylation sites (tertiary alicyclic amines) is 1. The summed E-state index contributed by atoms with van der Waals surface area (Å²) in [5.41, 5.74) is 6.34. The molecule has 0 saturated carbocycles. The van der Waals surface area contributed by atoms with Gasteiger partial charge in [0.2, 0.25) is 0 Å². The molecule has 4 N–H and O–H groups in total. The lowest BCUT2D eigenvalue weighted by molar-refractivity contribution is -0.142. The summed E-state index contributed by atoms with van der Waals surface area (Å²) in [5.74, 6) is -1.28. The SMILES string of the molecule is COc1ccc(C(=O)N2C[C@H](N)CC[C@H](C(=O)O)C2)cc1Cl.O=CO. The summed E-state index contributed by atoms with van der Waals surface area (Å²) in [6.45, 7) is 0.248. The van der Waals surface area contributed by atoms with Crippen molar-refractivity contribution >= 4 is 29.9 Å². The Kier molecular flexibility index (Phi) is 8.17. The highest BCUT2D eigenvalue weighted by Gasteiger charge is 2.30. The molecule has 9 heteroatoms. The quantitative estimate of drug-likeness (QED) is 0.682. The molecule has 1 aliphatic heterocycles. The van der Waals surface area contributed by atoms with Crippen LogP contribution >= 0.6 is 11.6 Å². The van der Waals surface area contributed by atoms with Gasteiger partial charge in [0.1, 0.15) is 5.75 Å². The van der Waals surface area contributed by atoms with Gasteiger partial charge in [0.25, 0.3) is 12.4 Å². The van der Waals surface area contributed by atoms with Crippen molar-refractivity contribution in [1.82, 2.24) is 4.90 Å². The Bertz CT molecular complexity index is 625. The number of carboxylic acid groups (broad SMARTS) is 2. The van der Waals surface area contributed by atoms with Crippen LogP contribution in [0.5, 0.6) is 5.75 Å². The van der Waals surface area contributed by atoms with E-state index in [-0.39, 0.29) is 25.0 Å². The molecule has 1 aliphatic rings. The molecule has 1 amide bonds. The van der Waals surface area contributed by atoms with Crippen LogP contribution in [-0.4, -0.2) is 59.7 Å². The van der Waals surface area contributed by atoms with E-state index in [9.17, 15) is 14.7 Å². The zero-order valence-corrected chi connectivity index (χ0v) is 14.5. The number of carboxylic acids is 1. The van der Waals surface area contributed by atoms with Gasteiger partial charge in [-0.25, -0.2) is 0 Å². The molecule has 0 radical (unpaired) electrons. The summed E-state index contributed by atoms with van der Waals surface area (Å²) in [5, 5.41) is 16.4. The third kappa shape index (κ3) is 5.91. The van der Waals surface area contributed by atoms with Crippen LogP contribution in [0, 0.1) is 5.92 Å². The van der Waals surface area contributed by atoms with E-state index in [1.54, 1.807) is 12.1 Å². The molecule has 1 fully saturated rings. The van der Waals surface area contributed by atoms with E-state index < -0.39 is 11.9 Å². The summed E-state index contributed by atoms with van der Waals surface area (Å²) in [6.07, 6.45) is 1.06. The average Bonchev–Trinajstić information content (AvgIpc) is 2.76. The normalized spacial score (nSPS) is 19.9. The summed E-state index contributed by atoms with van der Waals surface area (Å²) < 4.78 is 5.06. The van der Waals surface area contributed by atoms with E-state index in [2.05, 4.69) is 0 Å². The van der Waals surface area contributed by atoms with Crippen LogP contribution in [0.25, 0.3) is 0 Å². The van der Waals surface area contributed by atoms with E-state index in [0.29, 0.717) is 35.7 Å². The Morgan fingerprint density at radius 3 is 2.52 bits per heavy atom. The number of rotatable bonds is 3. The number of nitrogens with two attached hydrogens (primary N) is 1. The zero-order valence-electron chi connectivity index (χ0n) is 13.7. The van der Waals surface area contributed by atoms with E-state index in [4.69, 9.17) is 32.0 Å². The monoisotopic (exact) mass is 372 g/mol. The van der Waals surface area contributed by atoms with Crippen molar-refractivity contribution in [3.05, 3.63) is 28.8 Å². The van der Waals surface area contributed by atoms with Crippen LogP contribution in [0.4, 0.5) is 0 Å². The molecule has 1 aromatic rings. The summed E-state index contributed by atoms with van der Waals surface area (Å²) in [7, 11) is 1.49. The Morgan fingerprint density at radius 1 is 1.36 bits per heavy atom. The maximum Gasteiger partial charge on any atom is 0.308 e. The molecule has 0 aromatic heterocycles. The van der Waals surface area contributed by atoms with Crippen molar-refractivity contribution in [2.24, 2.45) is 11.7 Å². The fourth-order valence-electron chi connectivity index (χ4n) is 2.57. The smallest absolute Gasteiger partial charge is 0.308 e. The third-order valence-corrected chi connectivity index (χ3v) is 4.11. The average molecular weight is 373 g/mol. The van der Waals surface area contributed by atoms with Crippen molar-refractivity contribution in [1.29, 1.82) is 0 Å². The standard InChI is InChI=1S/C15H19ClN2O4.CH2O2/c1-22-13-5-3-9(6-12(13)16)14(19)18-7-10(15(20)21)2-4-11(17)8-18;2-1-3/h3,5-6,10-11H,2,4,7-8,17H2,1H3,(H,20,21);1H,(H,2,3)/t10-,11+;/m0./s1. The van der Waals surface area contributed by atoms with Gasteiger partial charge in [-0.1, -0.05) is 11.6 Å². The fourth-order valence-corrected chi connectivity index (χ4v) is 2.83. The molecule has 0 bridgehead atoms. The van der Waals surface area contributed by atoms with Gasteiger partial charge in [-0.05, 0) is 31.0 Å². The molecule has 138 valence electrons. The first-order valence-electron chi connectivity index (χ1n) is 7.53. The van der Waals surface area contributed by atoms with Gasteiger partial charge in [0.05, 0.1) is 18.1 Å². The van der Waals surface area contributed by atoms with Crippen LogP contribution < -0.4 is 10.5 Å². The Hall–Kier alpha value is -2.32. The maximum atomic E-state index is 12.6. The molecule has 8 nitrogen and oxygen atoms in total. The first kappa shape index (κ1) is 20.7. The van der Waals surface area contributed by atoms with Crippen LogP contribution in [-0.2, 0) is 9.59 Å². The predicted molar refractivity (Wildman–Crippen MR) is 90.9 cm³/mol. The van der Waals surface area contributed by atoms with Gasteiger partial charge in [0.15, 0.2) is 0 Å². The van der Waals surface area contributed by atoms with E-state index >= 15 is 0 Å². The lowest BCUT2D eigenvalue weighted by Crippen LogP contribution is -2.41. The molecular formula is C16H21ClN2O6. The van der Waals surface area contributed by atoms with Crippen LogP contribution in [0.3, 0.4) is 0 Å². The van der Waals surface area contributed by atoms with E-state index in [1.807, 2.05) is 0 Å². The number of hydrogen-bond acceptors (Lipinski definition) is 5. The first-order chi connectivity index (χ1) is 11.8. The van der Waals surface area contributed by atoms with Crippen LogP contribution in [0.2, 0.25) is 5.02 Å². The second-order valence-electron chi connectivity index (χ2n) is 5.54. The molecular weight excluding hydrogens is 352 g/mol. The molecule has 25 heavy (non-hydrogen) atoms. The molecule has 2 rings (SSSR count). The Balaban J connectivity index is 0.000000970. The first-order valence-corrected chi connectivity index (χ1v) is 7.90. The second-order valence-corrected chi connectivity index (χ2v) is 5.94. The number of ether oxygens (including phenoxy) is 1. The number of hydrogen-bond donors (Lipinski definition) is 3. The van der Waals surface area contributed by atoms with Crippen molar-refractivity contribution in [2.45, 2.75) is 18.9 Å². The van der Waals surface area contributed by atoms with Gasteiger partial charge in [0, 0.05) is 24.7 Å². The number of methoxy groups -OCH3 is 1. The predicted octanol–water partition coefficient (Wildman–Crippen LogP) is 1.31. The minimum absolute atomic E-state index is 0.158. The number of aliphatic carboxylic acids is 1.